The molecular formula is C24H22N6O. The van der Waals surface area contributed by atoms with Gasteiger partial charge >= 0.3 is 0 Å². The quantitative estimate of drug-likeness (QED) is 0.366. The smallest absolute Gasteiger partial charge is 0.136 e. The summed E-state index contributed by atoms with van der Waals surface area (Å²) in [6.07, 6.45) is 2.33. The number of fused-ring (bicyclic) bond motifs is 1. The van der Waals surface area contributed by atoms with Crippen LogP contribution < -0.4 is 10.1 Å². The molecular weight excluding hydrogens is 388 g/mol. The van der Waals surface area contributed by atoms with Crippen molar-refractivity contribution in [2.24, 2.45) is 0 Å². The van der Waals surface area contributed by atoms with Crippen molar-refractivity contribution in [1.82, 2.24) is 25.1 Å². The summed E-state index contributed by atoms with van der Waals surface area (Å²) in [5.41, 5.74) is 6.10. The zero-order valence-electron chi connectivity index (χ0n) is 17.3. The summed E-state index contributed by atoms with van der Waals surface area (Å²) in [7, 11) is 1.66. The van der Waals surface area contributed by atoms with Crippen LogP contribution in [0.3, 0.4) is 0 Å². The summed E-state index contributed by atoms with van der Waals surface area (Å²) in [5, 5.41) is 12.0. The molecule has 3 aromatic heterocycles. The van der Waals surface area contributed by atoms with Crippen molar-refractivity contribution in [1.29, 1.82) is 0 Å². The molecule has 7 heteroatoms. The van der Waals surface area contributed by atoms with E-state index >= 15 is 0 Å². The molecule has 3 heterocycles. The second-order valence-corrected chi connectivity index (χ2v) is 7.42. The summed E-state index contributed by atoms with van der Waals surface area (Å²) in [4.78, 5) is 12.4. The van der Waals surface area contributed by atoms with Crippen LogP contribution in [0.25, 0.3) is 22.2 Å². The Morgan fingerprint density at radius 1 is 1.00 bits per heavy atom. The first-order chi connectivity index (χ1) is 15.2. The standard InChI is InChI=1S/C24H22N6O/c1-15-11-17-12-18(5-8-21(17)26-15)27-23-9-10-25-24(28-23)14-19-13-22(30-29-19)16-3-6-20(31-2)7-4-16/h3-13,26H,14H2,1-2H3,(H,29,30)(H,25,27,28). The van der Waals surface area contributed by atoms with Gasteiger partial charge < -0.3 is 15.0 Å². The van der Waals surface area contributed by atoms with Crippen LogP contribution in [0.5, 0.6) is 5.75 Å². The highest BCUT2D eigenvalue weighted by atomic mass is 16.5. The lowest BCUT2D eigenvalue weighted by atomic mass is 10.1. The molecule has 0 aliphatic rings. The van der Waals surface area contributed by atoms with E-state index in [9.17, 15) is 0 Å². The fourth-order valence-electron chi connectivity index (χ4n) is 3.59. The number of aromatic amines is 2. The second kappa shape index (κ2) is 7.95. The summed E-state index contributed by atoms with van der Waals surface area (Å²) < 4.78 is 5.21. The van der Waals surface area contributed by atoms with E-state index < -0.39 is 0 Å². The first kappa shape index (κ1) is 18.9. The number of methoxy groups -OCH3 is 1. The average molecular weight is 410 g/mol. The summed E-state index contributed by atoms with van der Waals surface area (Å²) >= 11 is 0. The van der Waals surface area contributed by atoms with E-state index in [1.54, 1.807) is 13.3 Å². The molecule has 31 heavy (non-hydrogen) atoms. The molecule has 7 nitrogen and oxygen atoms in total. The molecule has 0 unspecified atom stereocenters. The van der Waals surface area contributed by atoms with Crippen LogP contribution in [0, 0.1) is 6.92 Å². The predicted molar refractivity (Wildman–Crippen MR) is 122 cm³/mol. The Hall–Kier alpha value is -4.13. The van der Waals surface area contributed by atoms with Gasteiger partial charge in [-0.1, -0.05) is 0 Å². The summed E-state index contributed by atoms with van der Waals surface area (Å²) in [5.74, 6) is 2.29. The molecule has 5 rings (SSSR count). The molecule has 5 aromatic rings. The van der Waals surface area contributed by atoms with E-state index in [0.717, 1.165) is 45.4 Å². The van der Waals surface area contributed by atoms with Crippen molar-refractivity contribution in [3.8, 4) is 17.0 Å². The number of aryl methyl sites for hydroxylation is 1. The third kappa shape index (κ3) is 4.11. The lowest BCUT2D eigenvalue weighted by Gasteiger charge is -2.07. The Kier molecular flexibility index (Phi) is 4.84. The first-order valence-corrected chi connectivity index (χ1v) is 10.0. The van der Waals surface area contributed by atoms with Gasteiger partial charge in [0.1, 0.15) is 17.4 Å². The van der Waals surface area contributed by atoms with Crippen molar-refractivity contribution in [3.05, 3.63) is 84.1 Å². The van der Waals surface area contributed by atoms with Crippen LogP contribution in [0.4, 0.5) is 11.5 Å². The molecule has 0 saturated carbocycles. The van der Waals surface area contributed by atoms with E-state index in [2.05, 4.69) is 55.6 Å². The molecule has 0 amide bonds. The molecule has 2 aromatic carbocycles. The van der Waals surface area contributed by atoms with Crippen molar-refractivity contribution in [2.75, 3.05) is 12.4 Å². The number of aromatic nitrogens is 5. The molecule has 0 radical (unpaired) electrons. The minimum absolute atomic E-state index is 0.564. The van der Waals surface area contributed by atoms with Gasteiger partial charge in [-0.15, -0.1) is 0 Å². The van der Waals surface area contributed by atoms with Gasteiger partial charge in [0.05, 0.1) is 12.8 Å². The maximum Gasteiger partial charge on any atom is 0.136 e. The minimum atomic E-state index is 0.564. The highest BCUT2D eigenvalue weighted by molar-refractivity contribution is 5.84. The fraction of sp³-hybridized carbons (Fsp3) is 0.125. The molecule has 154 valence electrons. The van der Waals surface area contributed by atoms with Gasteiger partial charge in [-0.25, -0.2) is 9.97 Å². The number of rotatable bonds is 6. The normalized spacial score (nSPS) is 11.0. The Balaban J connectivity index is 1.31. The largest absolute Gasteiger partial charge is 0.497 e. The van der Waals surface area contributed by atoms with E-state index in [0.29, 0.717) is 12.2 Å². The molecule has 0 aliphatic heterocycles. The Morgan fingerprint density at radius 3 is 2.71 bits per heavy atom. The number of benzene rings is 2. The number of hydrogen-bond acceptors (Lipinski definition) is 5. The van der Waals surface area contributed by atoms with Crippen LogP contribution in [0.15, 0.2) is 66.9 Å². The van der Waals surface area contributed by atoms with Crippen LogP contribution >= 0.6 is 0 Å². The highest BCUT2D eigenvalue weighted by Gasteiger charge is 2.08. The van der Waals surface area contributed by atoms with Crippen LogP contribution in [-0.4, -0.2) is 32.3 Å². The molecule has 0 atom stereocenters. The van der Waals surface area contributed by atoms with Crippen molar-refractivity contribution >= 4 is 22.4 Å². The van der Waals surface area contributed by atoms with Gasteiger partial charge in [0, 0.05) is 46.2 Å². The first-order valence-electron chi connectivity index (χ1n) is 10.0. The van der Waals surface area contributed by atoms with Crippen molar-refractivity contribution in [2.45, 2.75) is 13.3 Å². The van der Waals surface area contributed by atoms with Gasteiger partial charge in [0.2, 0.25) is 0 Å². The molecule has 0 bridgehead atoms. The Morgan fingerprint density at radius 2 is 1.87 bits per heavy atom. The number of ether oxygens (including phenoxy) is 1. The topological polar surface area (TPSA) is 91.5 Å². The molecule has 0 aliphatic carbocycles. The van der Waals surface area contributed by atoms with Gasteiger partial charge in [-0.3, -0.25) is 5.10 Å². The van der Waals surface area contributed by atoms with Crippen LogP contribution in [0.1, 0.15) is 17.2 Å². The van der Waals surface area contributed by atoms with Crippen molar-refractivity contribution in [3.63, 3.8) is 0 Å². The minimum Gasteiger partial charge on any atom is -0.497 e. The third-order valence-corrected chi connectivity index (χ3v) is 5.10. The number of nitrogens with one attached hydrogen (secondary N) is 3. The highest BCUT2D eigenvalue weighted by Crippen LogP contribution is 2.23. The lowest BCUT2D eigenvalue weighted by Crippen LogP contribution is -2.00. The maximum atomic E-state index is 5.21. The summed E-state index contributed by atoms with van der Waals surface area (Å²) in [6.45, 7) is 2.05. The monoisotopic (exact) mass is 410 g/mol. The predicted octanol–water partition coefficient (Wildman–Crippen LogP) is 5.00. The van der Waals surface area contributed by atoms with Crippen LogP contribution in [0.2, 0.25) is 0 Å². The van der Waals surface area contributed by atoms with Gasteiger partial charge in [-0.05, 0) is 67.6 Å². The zero-order valence-corrected chi connectivity index (χ0v) is 17.3. The molecule has 0 fully saturated rings. The van der Waals surface area contributed by atoms with E-state index in [1.807, 2.05) is 42.5 Å². The van der Waals surface area contributed by atoms with E-state index in [1.165, 1.54) is 5.39 Å². The SMILES string of the molecule is COc1ccc(-c2cc(Cc3nccc(Nc4ccc5[nH]c(C)cc5c4)n3)[nH]n2)cc1. The lowest BCUT2D eigenvalue weighted by molar-refractivity contribution is 0.415. The average Bonchev–Trinajstić information content (AvgIpc) is 3.39. The number of anilines is 2. The molecule has 0 saturated heterocycles. The van der Waals surface area contributed by atoms with E-state index in [-0.39, 0.29) is 0 Å². The molecule has 3 N–H and O–H groups in total. The van der Waals surface area contributed by atoms with Gasteiger partial charge in [0.15, 0.2) is 0 Å². The van der Waals surface area contributed by atoms with Gasteiger partial charge in [-0.2, -0.15) is 5.10 Å². The zero-order chi connectivity index (χ0) is 21.2. The van der Waals surface area contributed by atoms with Crippen LogP contribution in [-0.2, 0) is 6.42 Å². The number of hydrogen-bond donors (Lipinski definition) is 3. The Labute approximate surface area is 179 Å². The second-order valence-electron chi connectivity index (χ2n) is 7.42. The van der Waals surface area contributed by atoms with Gasteiger partial charge in [0.25, 0.3) is 0 Å². The Bertz CT molecular complexity index is 1340. The van der Waals surface area contributed by atoms with E-state index in [4.69, 9.17) is 4.74 Å². The molecule has 0 spiro atoms. The number of H-pyrrole nitrogens is 2. The fourth-order valence-corrected chi connectivity index (χ4v) is 3.59. The van der Waals surface area contributed by atoms with Crippen molar-refractivity contribution < 1.29 is 4.74 Å². The maximum absolute atomic E-state index is 5.21. The third-order valence-electron chi connectivity index (χ3n) is 5.10. The summed E-state index contributed by atoms with van der Waals surface area (Å²) in [6, 6.07) is 20.1. The number of nitrogens with zero attached hydrogens (tertiary/aromatic N) is 3.